The number of aromatic nitrogens is 1. The van der Waals surface area contributed by atoms with Gasteiger partial charge < -0.3 is 14.1 Å². The molecule has 1 saturated heterocycles. The third kappa shape index (κ3) is 5.04. The van der Waals surface area contributed by atoms with Gasteiger partial charge in [-0.2, -0.15) is 0 Å². The first-order chi connectivity index (χ1) is 11.6. The Morgan fingerprint density at radius 3 is 2.48 bits per heavy atom. The number of ether oxygens (including phenoxy) is 1. The largest absolute Gasteiger partial charge is 0.469 e. The van der Waals surface area contributed by atoms with Gasteiger partial charge in [-0.25, -0.2) is 4.98 Å². The highest BCUT2D eigenvalue weighted by Crippen LogP contribution is 2.37. The van der Waals surface area contributed by atoms with E-state index in [1.807, 2.05) is 18.2 Å². The molecule has 0 unspecified atom stereocenters. The van der Waals surface area contributed by atoms with Crippen molar-refractivity contribution in [3.63, 3.8) is 0 Å². The molecule has 0 amide bonds. The van der Waals surface area contributed by atoms with Crippen molar-refractivity contribution in [2.75, 3.05) is 25.1 Å². The van der Waals surface area contributed by atoms with Crippen LogP contribution in [0.2, 0.25) is 18.1 Å². The molecule has 2 heterocycles. The Labute approximate surface area is 152 Å². The smallest absolute Gasteiger partial charge is 0.308 e. The molecular weight excluding hydrogens is 332 g/mol. The lowest BCUT2D eigenvalue weighted by molar-refractivity contribution is -0.146. The van der Waals surface area contributed by atoms with Gasteiger partial charge in [-0.1, -0.05) is 26.8 Å². The average Bonchev–Trinajstić information content (AvgIpc) is 2.59. The van der Waals surface area contributed by atoms with Gasteiger partial charge >= 0.3 is 5.97 Å². The third-order valence-electron chi connectivity index (χ3n) is 5.53. The summed E-state index contributed by atoms with van der Waals surface area (Å²) in [4.78, 5) is 18.7. The summed E-state index contributed by atoms with van der Waals surface area (Å²) in [6.07, 6.45) is 1.64. The molecule has 0 N–H and O–H groups in total. The van der Waals surface area contributed by atoms with E-state index in [4.69, 9.17) is 14.1 Å². The molecule has 6 heteroatoms. The van der Waals surface area contributed by atoms with E-state index in [1.165, 1.54) is 7.11 Å². The maximum Gasteiger partial charge on any atom is 0.308 e. The van der Waals surface area contributed by atoms with E-state index >= 15 is 0 Å². The molecule has 0 aliphatic carbocycles. The van der Waals surface area contributed by atoms with E-state index in [-0.39, 0.29) is 16.9 Å². The molecule has 0 atom stereocenters. The highest BCUT2D eigenvalue weighted by Gasteiger charge is 2.37. The zero-order valence-corrected chi connectivity index (χ0v) is 17.5. The molecule has 1 aromatic rings. The molecular formula is C19H32N2O3Si. The summed E-state index contributed by atoms with van der Waals surface area (Å²) in [5, 5.41) is 0.195. The van der Waals surface area contributed by atoms with Crippen LogP contribution < -0.4 is 4.90 Å². The van der Waals surface area contributed by atoms with Crippen LogP contribution in [0.25, 0.3) is 0 Å². The van der Waals surface area contributed by atoms with Gasteiger partial charge in [0.15, 0.2) is 8.32 Å². The monoisotopic (exact) mass is 364 g/mol. The van der Waals surface area contributed by atoms with Gasteiger partial charge in [-0.3, -0.25) is 4.79 Å². The second-order valence-corrected chi connectivity index (χ2v) is 13.1. The van der Waals surface area contributed by atoms with Crippen molar-refractivity contribution in [1.29, 1.82) is 0 Å². The zero-order chi connectivity index (χ0) is 18.7. The fourth-order valence-corrected chi connectivity index (χ4v) is 3.65. The lowest BCUT2D eigenvalue weighted by Crippen LogP contribution is -2.40. The number of hydrogen-bond acceptors (Lipinski definition) is 5. The fourth-order valence-electron chi connectivity index (χ4n) is 2.71. The molecule has 0 aromatic carbocycles. The van der Waals surface area contributed by atoms with Crippen molar-refractivity contribution >= 4 is 20.1 Å². The second kappa shape index (κ2) is 7.87. The summed E-state index contributed by atoms with van der Waals surface area (Å²) in [7, 11) is -0.315. The number of rotatable bonds is 5. The number of pyridine rings is 1. The quantitative estimate of drug-likeness (QED) is 0.584. The van der Waals surface area contributed by atoms with Gasteiger partial charge in [0.2, 0.25) is 0 Å². The maximum atomic E-state index is 11.7. The lowest BCUT2D eigenvalue weighted by atomic mass is 9.97. The van der Waals surface area contributed by atoms with Gasteiger partial charge in [-0.05, 0) is 43.1 Å². The zero-order valence-electron chi connectivity index (χ0n) is 16.5. The van der Waals surface area contributed by atoms with Gasteiger partial charge in [0.05, 0.1) is 25.3 Å². The Bertz CT molecular complexity index is 591. The highest BCUT2D eigenvalue weighted by atomic mass is 28.4. The number of esters is 1. The predicted molar refractivity (Wildman–Crippen MR) is 103 cm³/mol. The van der Waals surface area contributed by atoms with E-state index in [9.17, 15) is 4.79 Å². The molecule has 0 radical (unpaired) electrons. The summed E-state index contributed by atoms with van der Waals surface area (Å²) in [5.41, 5.74) is 0.970. The van der Waals surface area contributed by atoms with Crippen molar-refractivity contribution in [2.45, 2.75) is 58.4 Å². The molecule has 1 fully saturated rings. The molecule has 5 nitrogen and oxygen atoms in total. The Morgan fingerprint density at radius 2 is 1.92 bits per heavy atom. The van der Waals surface area contributed by atoms with Crippen molar-refractivity contribution in [3.8, 4) is 0 Å². The Hall–Kier alpha value is -1.40. The van der Waals surface area contributed by atoms with Crippen LogP contribution >= 0.6 is 0 Å². The minimum absolute atomic E-state index is 0.0198. The SMILES string of the molecule is COC(=O)C1CCN(c2cccc(CO[Si](C)(C)C(C)(C)C)n2)CC1. The normalized spacial score (nSPS) is 16.8. The van der Waals surface area contributed by atoms with Crippen molar-refractivity contribution < 1.29 is 14.0 Å². The van der Waals surface area contributed by atoms with E-state index < -0.39 is 8.32 Å². The molecule has 0 saturated carbocycles. The van der Waals surface area contributed by atoms with E-state index in [0.29, 0.717) is 6.61 Å². The Kier molecular flexibility index (Phi) is 6.27. The molecule has 1 aliphatic heterocycles. The summed E-state index contributed by atoms with van der Waals surface area (Å²) in [6.45, 7) is 13.5. The Balaban J connectivity index is 1.97. The van der Waals surface area contributed by atoms with E-state index in [0.717, 1.165) is 37.4 Å². The minimum atomic E-state index is -1.78. The van der Waals surface area contributed by atoms with Crippen LogP contribution in [0.1, 0.15) is 39.3 Å². The van der Waals surface area contributed by atoms with Gasteiger partial charge in [0.1, 0.15) is 5.82 Å². The van der Waals surface area contributed by atoms with Crippen LogP contribution in [0.4, 0.5) is 5.82 Å². The van der Waals surface area contributed by atoms with Crippen LogP contribution in [0.3, 0.4) is 0 Å². The number of methoxy groups -OCH3 is 1. The van der Waals surface area contributed by atoms with Gasteiger partial charge in [0, 0.05) is 13.1 Å². The van der Waals surface area contributed by atoms with Crippen molar-refractivity contribution in [2.24, 2.45) is 5.92 Å². The van der Waals surface area contributed by atoms with E-state index in [1.54, 1.807) is 0 Å². The van der Waals surface area contributed by atoms with Crippen LogP contribution in [-0.4, -0.2) is 39.5 Å². The Morgan fingerprint density at radius 1 is 1.28 bits per heavy atom. The number of anilines is 1. The number of nitrogens with zero attached hydrogens (tertiary/aromatic N) is 2. The molecule has 1 aromatic heterocycles. The first-order valence-corrected chi connectivity index (χ1v) is 12.0. The van der Waals surface area contributed by atoms with E-state index in [2.05, 4.69) is 38.8 Å². The molecule has 2 rings (SSSR count). The van der Waals surface area contributed by atoms with Crippen LogP contribution in [0.15, 0.2) is 18.2 Å². The third-order valence-corrected chi connectivity index (χ3v) is 10.0. The molecule has 25 heavy (non-hydrogen) atoms. The number of hydrogen-bond donors (Lipinski definition) is 0. The molecule has 1 aliphatic rings. The topological polar surface area (TPSA) is 51.7 Å². The lowest BCUT2D eigenvalue weighted by Gasteiger charge is -2.36. The standard InChI is InChI=1S/C19H32N2O3Si/c1-19(2,3)25(5,6)24-14-16-8-7-9-17(20-16)21-12-10-15(11-13-21)18(22)23-4/h7-9,15H,10-14H2,1-6H3. The second-order valence-electron chi connectivity index (χ2n) is 8.32. The highest BCUT2D eigenvalue weighted by molar-refractivity contribution is 6.74. The summed E-state index contributed by atoms with van der Waals surface area (Å²) in [5.74, 6) is 0.898. The molecule has 0 spiro atoms. The van der Waals surface area contributed by atoms with Gasteiger partial charge in [-0.15, -0.1) is 0 Å². The minimum Gasteiger partial charge on any atom is -0.469 e. The summed E-state index contributed by atoms with van der Waals surface area (Å²) < 4.78 is 11.1. The van der Waals surface area contributed by atoms with Crippen molar-refractivity contribution in [1.82, 2.24) is 4.98 Å². The van der Waals surface area contributed by atoms with Crippen LogP contribution in [-0.2, 0) is 20.6 Å². The first kappa shape index (κ1) is 19.9. The first-order valence-electron chi connectivity index (χ1n) is 9.07. The fraction of sp³-hybridized carbons (Fsp3) is 0.684. The average molecular weight is 365 g/mol. The number of carbonyl (C=O) groups excluding carboxylic acids is 1. The number of carbonyl (C=O) groups is 1. The van der Waals surface area contributed by atoms with Crippen LogP contribution in [0, 0.1) is 5.92 Å². The summed E-state index contributed by atoms with van der Waals surface area (Å²) in [6, 6.07) is 6.10. The van der Waals surface area contributed by atoms with Crippen molar-refractivity contribution in [3.05, 3.63) is 23.9 Å². The summed E-state index contributed by atoms with van der Waals surface area (Å²) >= 11 is 0. The maximum absolute atomic E-state index is 11.7. The number of piperidine rings is 1. The van der Waals surface area contributed by atoms with Crippen LogP contribution in [0.5, 0.6) is 0 Å². The molecule has 0 bridgehead atoms. The van der Waals surface area contributed by atoms with Gasteiger partial charge in [0.25, 0.3) is 0 Å². The molecule has 140 valence electrons. The predicted octanol–water partition coefficient (Wildman–Crippen LogP) is 3.99.